The summed E-state index contributed by atoms with van der Waals surface area (Å²) in [7, 11) is 0. The lowest BCUT2D eigenvalue weighted by atomic mass is 10.3. The van der Waals surface area contributed by atoms with Crippen molar-refractivity contribution in [2.45, 2.75) is 26.3 Å². The van der Waals surface area contributed by atoms with Crippen molar-refractivity contribution in [1.82, 2.24) is 9.78 Å². The number of nitrogens with zero attached hydrogens (tertiary/aromatic N) is 3. The van der Waals surface area contributed by atoms with Crippen molar-refractivity contribution in [2.24, 2.45) is 5.92 Å². The Kier molecular flexibility index (Phi) is 1.73. The molecule has 0 saturated heterocycles. The molecule has 4 nitrogen and oxygen atoms in total. The lowest BCUT2D eigenvalue weighted by Crippen LogP contribution is -2.06. The van der Waals surface area contributed by atoms with E-state index in [1.807, 2.05) is 6.92 Å². The van der Waals surface area contributed by atoms with Gasteiger partial charge in [-0.15, -0.1) is 0 Å². The van der Waals surface area contributed by atoms with Gasteiger partial charge < -0.3 is 5.73 Å². The third-order valence-electron chi connectivity index (χ3n) is 2.41. The Morgan fingerprint density at radius 1 is 1.69 bits per heavy atom. The normalized spacial score (nSPS) is 15.7. The molecule has 1 heterocycles. The molecule has 0 aromatic carbocycles. The van der Waals surface area contributed by atoms with Crippen molar-refractivity contribution < 1.29 is 0 Å². The molecular weight excluding hydrogens is 164 g/mol. The molecular formula is C9H12N4. The average molecular weight is 176 g/mol. The van der Waals surface area contributed by atoms with Gasteiger partial charge in [-0.25, -0.2) is 4.68 Å². The Morgan fingerprint density at radius 2 is 2.38 bits per heavy atom. The molecule has 0 spiro atoms. The van der Waals surface area contributed by atoms with E-state index in [1.165, 1.54) is 12.8 Å². The summed E-state index contributed by atoms with van der Waals surface area (Å²) in [5.74, 6) is 1.25. The molecule has 0 unspecified atom stereocenters. The number of rotatable bonds is 2. The quantitative estimate of drug-likeness (QED) is 0.732. The Balaban J connectivity index is 2.30. The monoisotopic (exact) mass is 176 g/mol. The minimum Gasteiger partial charge on any atom is -0.383 e. The van der Waals surface area contributed by atoms with E-state index in [9.17, 15) is 0 Å². The van der Waals surface area contributed by atoms with Crippen LogP contribution in [0.15, 0.2) is 0 Å². The summed E-state index contributed by atoms with van der Waals surface area (Å²) in [6.07, 6.45) is 2.53. The van der Waals surface area contributed by atoms with Gasteiger partial charge in [-0.1, -0.05) is 0 Å². The molecule has 1 fully saturated rings. The van der Waals surface area contributed by atoms with Crippen molar-refractivity contribution >= 4 is 5.82 Å². The summed E-state index contributed by atoms with van der Waals surface area (Å²) >= 11 is 0. The van der Waals surface area contributed by atoms with Crippen LogP contribution in [0.2, 0.25) is 0 Å². The predicted molar refractivity (Wildman–Crippen MR) is 48.8 cm³/mol. The van der Waals surface area contributed by atoms with Crippen molar-refractivity contribution in [3.05, 3.63) is 11.3 Å². The lowest BCUT2D eigenvalue weighted by molar-refractivity contribution is 0.567. The molecule has 1 saturated carbocycles. The van der Waals surface area contributed by atoms with Gasteiger partial charge in [0.15, 0.2) is 0 Å². The molecule has 0 aliphatic heterocycles. The summed E-state index contributed by atoms with van der Waals surface area (Å²) < 4.78 is 1.76. The van der Waals surface area contributed by atoms with E-state index in [1.54, 1.807) is 4.68 Å². The highest BCUT2D eigenvalue weighted by Gasteiger charge is 2.24. The van der Waals surface area contributed by atoms with E-state index in [-0.39, 0.29) is 0 Å². The van der Waals surface area contributed by atoms with Crippen LogP contribution in [0.3, 0.4) is 0 Å². The van der Waals surface area contributed by atoms with Crippen LogP contribution in [0.4, 0.5) is 5.82 Å². The second-order valence-corrected chi connectivity index (χ2v) is 3.58. The molecule has 13 heavy (non-hydrogen) atoms. The number of nitrogen functional groups attached to an aromatic ring is 1. The Morgan fingerprint density at radius 3 is 2.85 bits per heavy atom. The van der Waals surface area contributed by atoms with E-state index in [2.05, 4.69) is 11.2 Å². The molecule has 68 valence electrons. The summed E-state index contributed by atoms with van der Waals surface area (Å²) in [5, 5.41) is 13.0. The summed E-state index contributed by atoms with van der Waals surface area (Å²) in [6, 6.07) is 2.07. The maximum absolute atomic E-state index is 8.78. The molecule has 2 N–H and O–H groups in total. The first-order valence-corrected chi connectivity index (χ1v) is 4.45. The van der Waals surface area contributed by atoms with Crippen LogP contribution in [-0.4, -0.2) is 9.78 Å². The second kappa shape index (κ2) is 2.77. The van der Waals surface area contributed by atoms with Crippen LogP contribution in [-0.2, 0) is 6.54 Å². The fourth-order valence-electron chi connectivity index (χ4n) is 1.42. The SMILES string of the molecule is Cc1nn(CC2CC2)c(N)c1C#N. The minimum absolute atomic E-state index is 0.520. The predicted octanol–water partition coefficient (Wildman–Crippen LogP) is 1.06. The zero-order chi connectivity index (χ0) is 9.42. The zero-order valence-electron chi connectivity index (χ0n) is 7.62. The molecule has 2 rings (SSSR count). The number of aromatic nitrogens is 2. The Bertz CT molecular complexity index is 368. The number of hydrogen-bond donors (Lipinski definition) is 1. The number of hydrogen-bond acceptors (Lipinski definition) is 3. The highest BCUT2D eigenvalue weighted by molar-refractivity contribution is 5.51. The lowest BCUT2D eigenvalue weighted by Gasteiger charge is -2.00. The largest absolute Gasteiger partial charge is 0.383 e. The molecule has 1 aromatic rings. The third kappa shape index (κ3) is 1.37. The van der Waals surface area contributed by atoms with Gasteiger partial charge in [0.05, 0.1) is 5.69 Å². The van der Waals surface area contributed by atoms with Gasteiger partial charge in [-0.2, -0.15) is 10.4 Å². The molecule has 1 aliphatic rings. The van der Waals surface area contributed by atoms with Crippen molar-refractivity contribution in [3.8, 4) is 6.07 Å². The van der Waals surface area contributed by atoms with E-state index in [4.69, 9.17) is 11.0 Å². The maximum atomic E-state index is 8.78. The third-order valence-corrected chi connectivity index (χ3v) is 2.41. The fourth-order valence-corrected chi connectivity index (χ4v) is 1.42. The number of aryl methyl sites for hydroxylation is 1. The van der Waals surface area contributed by atoms with Crippen LogP contribution in [0, 0.1) is 24.2 Å². The van der Waals surface area contributed by atoms with Gasteiger partial charge in [0.25, 0.3) is 0 Å². The summed E-state index contributed by atoms with van der Waals surface area (Å²) in [6.45, 7) is 2.69. The van der Waals surface area contributed by atoms with Crippen LogP contribution in [0.25, 0.3) is 0 Å². The van der Waals surface area contributed by atoms with Gasteiger partial charge in [0.2, 0.25) is 0 Å². The smallest absolute Gasteiger partial charge is 0.140 e. The highest BCUT2D eigenvalue weighted by atomic mass is 15.3. The first-order valence-electron chi connectivity index (χ1n) is 4.45. The maximum Gasteiger partial charge on any atom is 0.140 e. The summed E-state index contributed by atoms with van der Waals surface area (Å²) in [4.78, 5) is 0. The number of nitrogens with two attached hydrogens (primary N) is 1. The highest BCUT2D eigenvalue weighted by Crippen LogP contribution is 2.31. The molecule has 0 amide bonds. The standard InChI is InChI=1S/C9H12N4/c1-6-8(4-10)9(11)13(12-6)5-7-2-3-7/h7H,2-3,5,11H2,1H3. The molecule has 1 aromatic heterocycles. The molecule has 4 heteroatoms. The molecule has 0 radical (unpaired) electrons. The van der Waals surface area contributed by atoms with E-state index in [0.717, 1.165) is 18.2 Å². The van der Waals surface area contributed by atoms with Crippen LogP contribution < -0.4 is 5.73 Å². The van der Waals surface area contributed by atoms with Crippen LogP contribution in [0.5, 0.6) is 0 Å². The molecule has 0 bridgehead atoms. The first kappa shape index (κ1) is 8.11. The molecule has 1 aliphatic carbocycles. The average Bonchev–Trinajstić information content (AvgIpc) is 2.83. The van der Waals surface area contributed by atoms with Gasteiger partial charge in [-0.05, 0) is 25.7 Å². The second-order valence-electron chi connectivity index (χ2n) is 3.58. The van der Waals surface area contributed by atoms with Gasteiger partial charge >= 0.3 is 0 Å². The van der Waals surface area contributed by atoms with Crippen molar-refractivity contribution in [2.75, 3.05) is 5.73 Å². The molecule has 0 atom stereocenters. The number of nitriles is 1. The fraction of sp³-hybridized carbons (Fsp3) is 0.556. The van der Waals surface area contributed by atoms with Gasteiger partial charge in [0.1, 0.15) is 17.5 Å². The number of anilines is 1. The zero-order valence-corrected chi connectivity index (χ0v) is 7.62. The van der Waals surface area contributed by atoms with Crippen LogP contribution >= 0.6 is 0 Å². The van der Waals surface area contributed by atoms with Gasteiger partial charge in [0, 0.05) is 6.54 Å². The first-order chi connectivity index (χ1) is 6.22. The van der Waals surface area contributed by atoms with E-state index < -0.39 is 0 Å². The van der Waals surface area contributed by atoms with Crippen LogP contribution in [0.1, 0.15) is 24.1 Å². The summed E-state index contributed by atoms with van der Waals surface area (Å²) in [5.41, 5.74) is 7.03. The van der Waals surface area contributed by atoms with E-state index >= 15 is 0 Å². The van der Waals surface area contributed by atoms with Crippen molar-refractivity contribution in [3.63, 3.8) is 0 Å². The minimum atomic E-state index is 0.520. The Labute approximate surface area is 77.0 Å². The van der Waals surface area contributed by atoms with E-state index in [0.29, 0.717) is 11.4 Å². The Hall–Kier alpha value is -1.50. The van der Waals surface area contributed by atoms with Crippen molar-refractivity contribution in [1.29, 1.82) is 5.26 Å². The topological polar surface area (TPSA) is 67.6 Å². The van der Waals surface area contributed by atoms with Gasteiger partial charge in [-0.3, -0.25) is 0 Å².